The van der Waals surface area contributed by atoms with Gasteiger partial charge in [0.1, 0.15) is 5.69 Å². The molecular formula is C16H20ClN3O3. The van der Waals surface area contributed by atoms with Crippen molar-refractivity contribution in [1.29, 1.82) is 0 Å². The highest BCUT2D eigenvalue weighted by Gasteiger charge is 2.20. The Hall–Kier alpha value is -2.34. The molecule has 0 unspecified atom stereocenters. The topological polar surface area (TPSA) is 98.2 Å². The third kappa shape index (κ3) is 5.41. The number of rotatable bonds is 2. The Morgan fingerprint density at radius 3 is 2.04 bits per heavy atom. The number of hydrogen-bond donors (Lipinski definition) is 2. The van der Waals surface area contributed by atoms with Crippen molar-refractivity contribution in [2.75, 3.05) is 0 Å². The largest absolute Gasteiger partial charge is 0.477 e. The molecule has 124 valence electrons. The Kier molecular flexibility index (Phi) is 5.92. The van der Waals surface area contributed by atoms with Crippen LogP contribution in [-0.2, 0) is 12.5 Å². The number of primary amides is 1. The molecule has 1 amide bonds. The summed E-state index contributed by atoms with van der Waals surface area (Å²) in [4.78, 5) is 21.2. The summed E-state index contributed by atoms with van der Waals surface area (Å²) in [7, 11) is 1.64. The second-order valence-corrected chi connectivity index (χ2v) is 6.40. The Bertz CT molecular complexity index is 700. The lowest BCUT2D eigenvalue weighted by atomic mass is 9.92. The standard InChI is InChI=1S/C9H14N2O2.C7H6ClNO/c1-9(2,3)7-5-6(8(12)13)11(4)10-7;8-6-3-1-5(2-4-6)7(9)10/h5H,1-4H3,(H,12,13);1-4H,(H2,9,10). The van der Waals surface area contributed by atoms with Crippen LogP contribution in [0.2, 0.25) is 5.02 Å². The maximum Gasteiger partial charge on any atom is 0.354 e. The number of halogens is 1. The second-order valence-electron chi connectivity index (χ2n) is 5.96. The first kappa shape index (κ1) is 18.7. The van der Waals surface area contributed by atoms with Crippen molar-refractivity contribution in [3.63, 3.8) is 0 Å². The van der Waals surface area contributed by atoms with Crippen LogP contribution in [0.4, 0.5) is 0 Å². The molecule has 1 aromatic carbocycles. The SMILES string of the molecule is Cn1nc(C(C)(C)C)cc1C(=O)O.NC(=O)c1ccc(Cl)cc1. The minimum Gasteiger partial charge on any atom is -0.477 e. The highest BCUT2D eigenvalue weighted by Crippen LogP contribution is 2.21. The zero-order valence-corrected chi connectivity index (χ0v) is 14.3. The van der Waals surface area contributed by atoms with Crippen molar-refractivity contribution in [3.8, 4) is 0 Å². The predicted octanol–water partition coefficient (Wildman–Crippen LogP) is 2.85. The fraction of sp³-hybridized carbons (Fsp3) is 0.312. The van der Waals surface area contributed by atoms with E-state index < -0.39 is 11.9 Å². The Labute approximate surface area is 139 Å². The lowest BCUT2D eigenvalue weighted by Crippen LogP contribution is -2.12. The summed E-state index contributed by atoms with van der Waals surface area (Å²) in [6, 6.07) is 8.04. The number of nitrogens with two attached hydrogens (primary N) is 1. The number of carboxylic acid groups (broad SMARTS) is 1. The van der Waals surface area contributed by atoms with Gasteiger partial charge in [0, 0.05) is 23.0 Å². The number of carbonyl (C=O) groups excluding carboxylic acids is 1. The summed E-state index contributed by atoms with van der Waals surface area (Å²) < 4.78 is 1.39. The van der Waals surface area contributed by atoms with Gasteiger partial charge in [0.25, 0.3) is 0 Å². The molecule has 0 saturated carbocycles. The summed E-state index contributed by atoms with van der Waals surface area (Å²) in [5.74, 6) is -1.37. The lowest BCUT2D eigenvalue weighted by Gasteiger charge is -2.13. The Balaban J connectivity index is 0.000000238. The maximum atomic E-state index is 10.7. The minimum atomic E-state index is -0.939. The number of aryl methyl sites for hydroxylation is 1. The molecule has 0 aliphatic rings. The average Bonchev–Trinajstić information content (AvgIpc) is 2.82. The van der Waals surface area contributed by atoms with Crippen LogP contribution in [0.25, 0.3) is 0 Å². The van der Waals surface area contributed by atoms with Crippen LogP contribution < -0.4 is 5.73 Å². The highest BCUT2D eigenvalue weighted by molar-refractivity contribution is 6.30. The molecule has 0 radical (unpaired) electrons. The van der Waals surface area contributed by atoms with E-state index in [4.69, 9.17) is 22.4 Å². The predicted molar refractivity (Wildman–Crippen MR) is 88.8 cm³/mol. The van der Waals surface area contributed by atoms with Gasteiger partial charge in [0.2, 0.25) is 5.91 Å². The fourth-order valence-electron chi connectivity index (χ4n) is 1.65. The molecule has 0 bridgehead atoms. The molecule has 6 nitrogen and oxygen atoms in total. The quantitative estimate of drug-likeness (QED) is 0.880. The number of benzene rings is 1. The van der Waals surface area contributed by atoms with Crippen molar-refractivity contribution in [3.05, 3.63) is 52.3 Å². The fourth-order valence-corrected chi connectivity index (χ4v) is 1.77. The van der Waals surface area contributed by atoms with E-state index in [0.29, 0.717) is 10.6 Å². The zero-order chi connectivity index (χ0) is 17.8. The molecular weight excluding hydrogens is 318 g/mol. The molecule has 3 N–H and O–H groups in total. The monoisotopic (exact) mass is 337 g/mol. The molecule has 7 heteroatoms. The lowest BCUT2D eigenvalue weighted by molar-refractivity contribution is 0.0684. The number of nitrogens with zero attached hydrogens (tertiary/aromatic N) is 2. The molecule has 0 aliphatic carbocycles. The first-order valence-electron chi connectivity index (χ1n) is 6.85. The molecule has 23 heavy (non-hydrogen) atoms. The van der Waals surface area contributed by atoms with Crippen molar-refractivity contribution in [2.24, 2.45) is 12.8 Å². The van der Waals surface area contributed by atoms with Crippen LogP contribution in [0.15, 0.2) is 30.3 Å². The van der Waals surface area contributed by atoms with Gasteiger partial charge >= 0.3 is 5.97 Å². The smallest absolute Gasteiger partial charge is 0.354 e. The average molecular weight is 338 g/mol. The van der Waals surface area contributed by atoms with E-state index in [-0.39, 0.29) is 11.1 Å². The Morgan fingerprint density at radius 1 is 1.22 bits per heavy atom. The van der Waals surface area contributed by atoms with E-state index in [2.05, 4.69) is 5.10 Å². The number of aromatic carboxylic acids is 1. The third-order valence-electron chi connectivity index (χ3n) is 3.00. The number of amides is 1. The van der Waals surface area contributed by atoms with Crippen molar-refractivity contribution < 1.29 is 14.7 Å². The van der Waals surface area contributed by atoms with Crippen molar-refractivity contribution in [1.82, 2.24) is 9.78 Å². The molecule has 1 aromatic heterocycles. The number of carboxylic acids is 1. The summed E-state index contributed by atoms with van der Waals surface area (Å²) >= 11 is 5.56. The molecule has 1 heterocycles. The molecule has 0 aliphatic heterocycles. The molecule has 0 saturated heterocycles. The highest BCUT2D eigenvalue weighted by atomic mass is 35.5. The van der Waals surface area contributed by atoms with Gasteiger partial charge in [-0.15, -0.1) is 0 Å². The summed E-state index contributed by atoms with van der Waals surface area (Å²) in [6.45, 7) is 6.00. The van der Waals surface area contributed by atoms with Gasteiger partial charge in [0.05, 0.1) is 5.69 Å². The van der Waals surface area contributed by atoms with Gasteiger partial charge < -0.3 is 10.8 Å². The van der Waals surface area contributed by atoms with E-state index in [9.17, 15) is 9.59 Å². The van der Waals surface area contributed by atoms with E-state index in [1.54, 1.807) is 37.4 Å². The summed E-state index contributed by atoms with van der Waals surface area (Å²) in [6.07, 6.45) is 0. The second kappa shape index (κ2) is 7.28. The van der Waals surface area contributed by atoms with Gasteiger partial charge in [-0.05, 0) is 30.3 Å². The van der Waals surface area contributed by atoms with Crippen molar-refractivity contribution >= 4 is 23.5 Å². The van der Waals surface area contributed by atoms with Crippen LogP contribution in [0.3, 0.4) is 0 Å². The Morgan fingerprint density at radius 2 is 1.74 bits per heavy atom. The van der Waals surface area contributed by atoms with Crippen molar-refractivity contribution in [2.45, 2.75) is 26.2 Å². The van der Waals surface area contributed by atoms with Gasteiger partial charge in [0.15, 0.2) is 0 Å². The van der Waals surface area contributed by atoms with E-state index in [1.807, 2.05) is 20.8 Å². The normalized spacial score (nSPS) is 10.7. The number of carbonyl (C=O) groups is 2. The van der Waals surface area contributed by atoms with Crippen LogP contribution >= 0.6 is 11.6 Å². The van der Waals surface area contributed by atoms with Crippen LogP contribution in [-0.4, -0.2) is 26.8 Å². The first-order chi connectivity index (χ1) is 10.5. The zero-order valence-electron chi connectivity index (χ0n) is 13.5. The van der Waals surface area contributed by atoms with Gasteiger partial charge in [-0.1, -0.05) is 32.4 Å². The van der Waals surface area contributed by atoms with Crippen LogP contribution in [0, 0.1) is 0 Å². The minimum absolute atomic E-state index is 0.106. The first-order valence-corrected chi connectivity index (χ1v) is 7.23. The van der Waals surface area contributed by atoms with Gasteiger partial charge in [-0.25, -0.2) is 4.79 Å². The van der Waals surface area contributed by atoms with E-state index >= 15 is 0 Å². The summed E-state index contributed by atoms with van der Waals surface area (Å²) in [5.41, 5.74) is 6.38. The molecule has 2 rings (SSSR count). The van der Waals surface area contributed by atoms with E-state index in [0.717, 1.165) is 5.69 Å². The number of hydrogen-bond acceptors (Lipinski definition) is 3. The maximum absolute atomic E-state index is 10.7. The van der Waals surface area contributed by atoms with Crippen LogP contribution in [0.5, 0.6) is 0 Å². The van der Waals surface area contributed by atoms with Gasteiger partial charge in [-0.2, -0.15) is 5.10 Å². The number of aromatic nitrogens is 2. The molecule has 0 atom stereocenters. The van der Waals surface area contributed by atoms with E-state index in [1.165, 1.54) is 4.68 Å². The summed E-state index contributed by atoms with van der Waals surface area (Å²) in [5, 5.41) is 13.5. The van der Waals surface area contributed by atoms with Gasteiger partial charge in [-0.3, -0.25) is 9.48 Å². The van der Waals surface area contributed by atoms with Crippen LogP contribution in [0.1, 0.15) is 47.3 Å². The molecule has 2 aromatic rings. The third-order valence-corrected chi connectivity index (χ3v) is 3.25. The molecule has 0 spiro atoms. The molecule has 0 fully saturated rings.